The van der Waals surface area contributed by atoms with E-state index in [1.165, 1.54) is 0 Å². The molecule has 0 saturated carbocycles. The zero-order valence-electron chi connectivity index (χ0n) is 7.29. The SMILES string of the molecule is CCCNCC(O)c1ccsc1. The quantitative estimate of drug-likeness (QED) is 0.685. The van der Waals surface area contributed by atoms with E-state index >= 15 is 0 Å². The van der Waals surface area contributed by atoms with Crippen molar-refractivity contribution in [3.8, 4) is 0 Å². The maximum atomic E-state index is 9.58. The van der Waals surface area contributed by atoms with Crippen LogP contribution in [0.3, 0.4) is 0 Å². The van der Waals surface area contributed by atoms with Crippen molar-refractivity contribution in [3.05, 3.63) is 22.4 Å². The number of nitrogens with one attached hydrogen (secondary N) is 1. The van der Waals surface area contributed by atoms with Gasteiger partial charge in [0.25, 0.3) is 0 Å². The molecule has 0 saturated heterocycles. The predicted octanol–water partition coefficient (Wildman–Crippen LogP) is 1.78. The molecule has 1 aromatic heterocycles. The highest BCUT2D eigenvalue weighted by Crippen LogP contribution is 2.14. The Kier molecular flexibility index (Phi) is 4.29. The van der Waals surface area contributed by atoms with Crippen molar-refractivity contribution in [3.63, 3.8) is 0 Å². The van der Waals surface area contributed by atoms with E-state index in [4.69, 9.17) is 0 Å². The average Bonchev–Trinajstić information content (AvgIpc) is 2.56. The number of aliphatic hydroxyl groups is 1. The van der Waals surface area contributed by atoms with E-state index in [0.29, 0.717) is 6.54 Å². The minimum absolute atomic E-state index is 0.345. The summed E-state index contributed by atoms with van der Waals surface area (Å²) in [6, 6.07) is 1.96. The second-order valence-corrected chi connectivity index (χ2v) is 3.56. The molecule has 0 radical (unpaired) electrons. The van der Waals surface area contributed by atoms with Gasteiger partial charge in [-0.05, 0) is 35.4 Å². The van der Waals surface area contributed by atoms with Gasteiger partial charge in [-0.1, -0.05) is 6.92 Å². The summed E-state index contributed by atoms with van der Waals surface area (Å²) in [6.07, 6.45) is 0.763. The lowest BCUT2D eigenvalue weighted by Crippen LogP contribution is -2.21. The minimum Gasteiger partial charge on any atom is -0.387 e. The molecule has 1 unspecified atom stereocenters. The van der Waals surface area contributed by atoms with Crippen LogP contribution in [-0.4, -0.2) is 18.2 Å². The van der Waals surface area contributed by atoms with Gasteiger partial charge in [-0.3, -0.25) is 0 Å². The van der Waals surface area contributed by atoms with Crippen molar-refractivity contribution in [1.29, 1.82) is 0 Å². The number of thiophene rings is 1. The molecule has 0 fully saturated rings. The summed E-state index contributed by atoms with van der Waals surface area (Å²) in [5, 5.41) is 16.7. The van der Waals surface area contributed by atoms with Crippen molar-refractivity contribution >= 4 is 11.3 Å². The molecule has 1 aromatic rings. The standard InChI is InChI=1S/C9H15NOS/c1-2-4-10-6-9(11)8-3-5-12-7-8/h3,5,7,9-11H,2,4,6H2,1H3. The molecule has 1 atom stereocenters. The van der Waals surface area contributed by atoms with E-state index in [1.807, 2.05) is 16.8 Å². The van der Waals surface area contributed by atoms with Crippen LogP contribution in [0.5, 0.6) is 0 Å². The lowest BCUT2D eigenvalue weighted by Gasteiger charge is -2.08. The van der Waals surface area contributed by atoms with Gasteiger partial charge in [0.05, 0.1) is 6.10 Å². The van der Waals surface area contributed by atoms with E-state index in [9.17, 15) is 5.11 Å². The van der Waals surface area contributed by atoms with E-state index in [0.717, 1.165) is 18.5 Å². The molecule has 0 aromatic carbocycles. The summed E-state index contributed by atoms with van der Waals surface area (Å²) in [7, 11) is 0. The first-order valence-electron chi connectivity index (χ1n) is 4.25. The third kappa shape index (κ3) is 2.93. The van der Waals surface area contributed by atoms with E-state index < -0.39 is 0 Å². The Labute approximate surface area is 77.2 Å². The van der Waals surface area contributed by atoms with Crippen LogP contribution in [0.25, 0.3) is 0 Å². The molecular formula is C9H15NOS. The average molecular weight is 185 g/mol. The first kappa shape index (κ1) is 9.71. The van der Waals surface area contributed by atoms with Crippen molar-refractivity contribution in [2.75, 3.05) is 13.1 Å². The Morgan fingerprint density at radius 1 is 1.67 bits per heavy atom. The van der Waals surface area contributed by atoms with Gasteiger partial charge in [-0.25, -0.2) is 0 Å². The normalized spacial score (nSPS) is 13.2. The summed E-state index contributed by atoms with van der Waals surface area (Å²) < 4.78 is 0. The van der Waals surface area contributed by atoms with Crippen LogP contribution in [0.4, 0.5) is 0 Å². The lowest BCUT2D eigenvalue weighted by molar-refractivity contribution is 0.175. The molecule has 0 aliphatic rings. The highest BCUT2D eigenvalue weighted by molar-refractivity contribution is 7.07. The van der Waals surface area contributed by atoms with Crippen LogP contribution in [0.15, 0.2) is 16.8 Å². The Bertz CT molecular complexity index is 198. The molecule has 2 nitrogen and oxygen atoms in total. The van der Waals surface area contributed by atoms with Crippen molar-refractivity contribution < 1.29 is 5.11 Å². The molecule has 3 heteroatoms. The molecule has 2 N–H and O–H groups in total. The molecular weight excluding hydrogens is 170 g/mol. The Morgan fingerprint density at radius 2 is 2.50 bits per heavy atom. The van der Waals surface area contributed by atoms with Crippen molar-refractivity contribution in [2.24, 2.45) is 0 Å². The third-order valence-corrected chi connectivity index (χ3v) is 2.39. The highest BCUT2D eigenvalue weighted by Gasteiger charge is 2.05. The van der Waals surface area contributed by atoms with Gasteiger partial charge < -0.3 is 10.4 Å². The summed E-state index contributed by atoms with van der Waals surface area (Å²) >= 11 is 1.62. The molecule has 0 aliphatic carbocycles. The molecule has 1 heterocycles. The summed E-state index contributed by atoms with van der Waals surface area (Å²) in [4.78, 5) is 0. The van der Waals surface area contributed by atoms with E-state index in [2.05, 4.69) is 12.2 Å². The van der Waals surface area contributed by atoms with Crippen molar-refractivity contribution in [2.45, 2.75) is 19.4 Å². The first-order chi connectivity index (χ1) is 5.84. The molecule has 0 amide bonds. The van der Waals surface area contributed by atoms with Crippen LogP contribution >= 0.6 is 11.3 Å². The molecule has 0 spiro atoms. The second kappa shape index (κ2) is 5.30. The molecule has 0 aliphatic heterocycles. The van der Waals surface area contributed by atoms with Gasteiger partial charge in [0, 0.05) is 6.54 Å². The summed E-state index contributed by atoms with van der Waals surface area (Å²) in [5.41, 5.74) is 1.02. The fraction of sp³-hybridized carbons (Fsp3) is 0.556. The molecule has 68 valence electrons. The van der Waals surface area contributed by atoms with E-state index in [1.54, 1.807) is 11.3 Å². The Morgan fingerprint density at radius 3 is 3.08 bits per heavy atom. The largest absolute Gasteiger partial charge is 0.387 e. The Balaban J connectivity index is 2.25. The number of rotatable bonds is 5. The molecule has 0 bridgehead atoms. The minimum atomic E-state index is -0.345. The smallest absolute Gasteiger partial charge is 0.0922 e. The van der Waals surface area contributed by atoms with Gasteiger partial charge in [0.15, 0.2) is 0 Å². The number of aliphatic hydroxyl groups excluding tert-OH is 1. The van der Waals surface area contributed by atoms with Crippen molar-refractivity contribution in [1.82, 2.24) is 5.32 Å². The topological polar surface area (TPSA) is 32.3 Å². The fourth-order valence-corrected chi connectivity index (χ4v) is 1.71. The zero-order valence-corrected chi connectivity index (χ0v) is 8.10. The van der Waals surface area contributed by atoms with Gasteiger partial charge in [-0.2, -0.15) is 11.3 Å². The predicted molar refractivity (Wildman–Crippen MR) is 52.4 cm³/mol. The maximum Gasteiger partial charge on any atom is 0.0922 e. The molecule has 1 rings (SSSR count). The highest BCUT2D eigenvalue weighted by atomic mass is 32.1. The van der Waals surface area contributed by atoms with Crippen LogP contribution in [0.2, 0.25) is 0 Å². The zero-order chi connectivity index (χ0) is 8.81. The summed E-state index contributed by atoms with van der Waals surface area (Å²) in [6.45, 7) is 3.75. The molecule has 12 heavy (non-hydrogen) atoms. The fourth-order valence-electron chi connectivity index (χ4n) is 0.998. The second-order valence-electron chi connectivity index (χ2n) is 2.78. The monoisotopic (exact) mass is 185 g/mol. The van der Waals surface area contributed by atoms with Crippen LogP contribution in [-0.2, 0) is 0 Å². The van der Waals surface area contributed by atoms with Gasteiger partial charge in [0.1, 0.15) is 0 Å². The third-order valence-electron chi connectivity index (χ3n) is 1.69. The lowest BCUT2D eigenvalue weighted by atomic mass is 10.2. The van der Waals surface area contributed by atoms with Crippen LogP contribution in [0.1, 0.15) is 25.0 Å². The van der Waals surface area contributed by atoms with Gasteiger partial charge >= 0.3 is 0 Å². The maximum absolute atomic E-state index is 9.58. The van der Waals surface area contributed by atoms with E-state index in [-0.39, 0.29) is 6.10 Å². The summed E-state index contributed by atoms with van der Waals surface area (Å²) in [5.74, 6) is 0. The van der Waals surface area contributed by atoms with Gasteiger partial charge in [-0.15, -0.1) is 0 Å². The Hall–Kier alpha value is -0.380. The number of hydrogen-bond acceptors (Lipinski definition) is 3. The van der Waals surface area contributed by atoms with Gasteiger partial charge in [0.2, 0.25) is 0 Å². The van der Waals surface area contributed by atoms with Crippen LogP contribution < -0.4 is 5.32 Å². The van der Waals surface area contributed by atoms with Crippen LogP contribution in [0, 0.1) is 0 Å². The number of hydrogen-bond donors (Lipinski definition) is 2. The first-order valence-corrected chi connectivity index (χ1v) is 5.19.